The molecule has 2 heterocycles. The summed E-state index contributed by atoms with van der Waals surface area (Å²) in [6, 6.07) is 9.88. The number of alkyl halides is 3. The van der Waals surface area contributed by atoms with E-state index in [-0.39, 0.29) is 24.7 Å². The van der Waals surface area contributed by atoms with Crippen molar-refractivity contribution in [3.05, 3.63) is 82.7 Å². The molecule has 0 fully saturated rings. The Bertz CT molecular complexity index is 1280. The standard InChI is InChI=1S/C25H22F3N3O3/c1-14-23(15(2)31(30-14)20-8-5-18(6-9-20)25(26,27)28)16-3-7-19(11-16)29-24(32)17-4-10-21-22(12-17)34-13-33-21/h3-10,12,16,19H,11,13H2,1-2H3,(H,29,32)/t16-,19+/m0/s1. The van der Waals surface area contributed by atoms with Gasteiger partial charge in [0, 0.05) is 28.8 Å². The van der Waals surface area contributed by atoms with Gasteiger partial charge < -0.3 is 14.8 Å². The first-order valence-electron chi connectivity index (χ1n) is 10.8. The zero-order valence-electron chi connectivity index (χ0n) is 18.5. The molecule has 0 saturated carbocycles. The summed E-state index contributed by atoms with van der Waals surface area (Å²) >= 11 is 0. The predicted molar refractivity (Wildman–Crippen MR) is 118 cm³/mol. The number of carbonyl (C=O) groups excluding carboxylic acids is 1. The number of hydrogen-bond donors (Lipinski definition) is 1. The van der Waals surface area contributed by atoms with Gasteiger partial charge in [0.1, 0.15) is 0 Å². The molecule has 0 unspecified atom stereocenters. The first-order valence-corrected chi connectivity index (χ1v) is 10.8. The van der Waals surface area contributed by atoms with Crippen molar-refractivity contribution in [3.8, 4) is 17.2 Å². The first kappa shape index (κ1) is 22.1. The Morgan fingerprint density at radius 1 is 1.06 bits per heavy atom. The van der Waals surface area contributed by atoms with Crippen molar-refractivity contribution in [2.24, 2.45) is 0 Å². The second kappa shape index (κ2) is 8.23. The SMILES string of the molecule is Cc1nn(-c2ccc(C(F)(F)F)cc2)c(C)c1[C@H]1C=C[C@@H](NC(=O)c2ccc3c(c2)OCO3)C1. The van der Waals surface area contributed by atoms with Gasteiger partial charge in [-0.15, -0.1) is 0 Å². The summed E-state index contributed by atoms with van der Waals surface area (Å²) in [5.74, 6) is 0.996. The molecule has 34 heavy (non-hydrogen) atoms. The molecule has 176 valence electrons. The number of benzene rings is 2. The molecule has 2 aliphatic rings. The summed E-state index contributed by atoms with van der Waals surface area (Å²) < 4.78 is 51.0. The van der Waals surface area contributed by atoms with Gasteiger partial charge in [-0.2, -0.15) is 18.3 Å². The van der Waals surface area contributed by atoms with E-state index in [0.29, 0.717) is 29.2 Å². The van der Waals surface area contributed by atoms with E-state index < -0.39 is 11.7 Å². The molecule has 3 aromatic rings. The van der Waals surface area contributed by atoms with Gasteiger partial charge in [0.15, 0.2) is 11.5 Å². The third-order valence-electron chi connectivity index (χ3n) is 6.19. The lowest BCUT2D eigenvalue weighted by molar-refractivity contribution is -0.137. The molecule has 1 aromatic heterocycles. The van der Waals surface area contributed by atoms with Crippen molar-refractivity contribution in [1.29, 1.82) is 0 Å². The average Bonchev–Trinajstić information content (AvgIpc) is 3.51. The Hall–Kier alpha value is -3.75. The van der Waals surface area contributed by atoms with Crippen LogP contribution in [0.3, 0.4) is 0 Å². The summed E-state index contributed by atoms with van der Waals surface area (Å²) in [7, 11) is 0. The Morgan fingerprint density at radius 3 is 2.53 bits per heavy atom. The third kappa shape index (κ3) is 4.02. The van der Waals surface area contributed by atoms with Crippen LogP contribution in [0.15, 0.2) is 54.6 Å². The highest BCUT2D eigenvalue weighted by Gasteiger charge is 2.31. The molecule has 1 aliphatic heterocycles. The fourth-order valence-corrected chi connectivity index (χ4v) is 4.54. The quantitative estimate of drug-likeness (QED) is 0.542. The van der Waals surface area contributed by atoms with Crippen LogP contribution in [0, 0.1) is 13.8 Å². The zero-order valence-corrected chi connectivity index (χ0v) is 18.5. The van der Waals surface area contributed by atoms with Crippen molar-refractivity contribution in [2.45, 2.75) is 38.4 Å². The van der Waals surface area contributed by atoms with E-state index in [1.165, 1.54) is 12.1 Å². The van der Waals surface area contributed by atoms with Gasteiger partial charge in [-0.3, -0.25) is 4.79 Å². The maximum absolute atomic E-state index is 12.9. The second-order valence-corrected chi connectivity index (χ2v) is 8.42. The van der Waals surface area contributed by atoms with Crippen LogP contribution < -0.4 is 14.8 Å². The molecule has 6 nitrogen and oxygen atoms in total. The molecule has 1 amide bonds. The molecule has 1 aliphatic carbocycles. The Labute approximate surface area is 194 Å². The number of ether oxygens (including phenoxy) is 2. The van der Waals surface area contributed by atoms with Crippen LogP contribution in [0.1, 0.15) is 45.2 Å². The molecule has 0 radical (unpaired) electrons. The molecule has 0 bridgehead atoms. The summed E-state index contributed by atoms with van der Waals surface area (Å²) in [5.41, 5.74) is 3.02. The van der Waals surface area contributed by atoms with Crippen molar-refractivity contribution < 1.29 is 27.4 Å². The number of aryl methyl sites for hydroxylation is 1. The molecule has 0 spiro atoms. The first-order chi connectivity index (χ1) is 16.2. The van der Waals surface area contributed by atoms with Crippen LogP contribution in [-0.2, 0) is 6.18 Å². The maximum atomic E-state index is 12.9. The van der Waals surface area contributed by atoms with Crippen LogP contribution in [0.2, 0.25) is 0 Å². The fourth-order valence-electron chi connectivity index (χ4n) is 4.54. The van der Waals surface area contributed by atoms with Crippen LogP contribution in [-0.4, -0.2) is 28.5 Å². The van der Waals surface area contributed by atoms with Gasteiger partial charge in [0.05, 0.1) is 16.9 Å². The van der Waals surface area contributed by atoms with E-state index in [1.807, 2.05) is 26.0 Å². The largest absolute Gasteiger partial charge is 0.454 e. The number of nitrogens with one attached hydrogen (secondary N) is 1. The van der Waals surface area contributed by atoms with Crippen molar-refractivity contribution in [2.75, 3.05) is 6.79 Å². The maximum Gasteiger partial charge on any atom is 0.416 e. The van der Waals surface area contributed by atoms with E-state index in [2.05, 4.69) is 10.4 Å². The van der Waals surface area contributed by atoms with E-state index >= 15 is 0 Å². The Kier molecular flexibility index (Phi) is 5.34. The number of fused-ring (bicyclic) bond motifs is 1. The van der Waals surface area contributed by atoms with Gasteiger partial charge in [0.2, 0.25) is 6.79 Å². The van der Waals surface area contributed by atoms with Crippen LogP contribution in [0.5, 0.6) is 11.5 Å². The highest BCUT2D eigenvalue weighted by molar-refractivity contribution is 5.95. The summed E-state index contributed by atoms with van der Waals surface area (Å²) in [4.78, 5) is 12.7. The smallest absolute Gasteiger partial charge is 0.416 e. The topological polar surface area (TPSA) is 65.4 Å². The lowest BCUT2D eigenvalue weighted by Gasteiger charge is -2.15. The summed E-state index contributed by atoms with van der Waals surface area (Å²) in [6.07, 6.45) is 0.284. The number of carbonyl (C=O) groups is 1. The monoisotopic (exact) mass is 469 g/mol. The lowest BCUT2D eigenvalue weighted by Crippen LogP contribution is -2.32. The van der Waals surface area contributed by atoms with Crippen LogP contribution in [0.25, 0.3) is 5.69 Å². The number of allylic oxidation sites excluding steroid dienone is 1. The van der Waals surface area contributed by atoms with Crippen molar-refractivity contribution in [3.63, 3.8) is 0 Å². The molecular formula is C25H22F3N3O3. The van der Waals surface area contributed by atoms with E-state index in [4.69, 9.17) is 9.47 Å². The summed E-state index contributed by atoms with van der Waals surface area (Å²) in [5, 5.41) is 7.60. The minimum Gasteiger partial charge on any atom is -0.454 e. The molecule has 0 saturated heterocycles. The third-order valence-corrected chi connectivity index (χ3v) is 6.19. The minimum atomic E-state index is -4.38. The molecule has 2 aromatic carbocycles. The van der Waals surface area contributed by atoms with Gasteiger partial charge in [-0.25, -0.2) is 4.68 Å². The molecular weight excluding hydrogens is 447 g/mol. The van der Waals surface area contributed by atoms with Gasteiger partial charge in [0.25, 0.3) is 5.91 Å². The van der Waals surface area contributed by atoms with Gasteiger partial charge >= 0.3 is 6.18 Å². The minimum absolute atomic E-state index is 0.0326. The average molecular weight is 469 g/mol. The Balaban J connectivity index is 1.30. The Morgan fingerprint density at radius 2 is 1.79 bits per heavy atom. The van der Waals surface area contributed by atoms with Gasteiger partial charge in [-0.1, -0.05) is 12.2 Å². The van der Waals surface area contributed by atoms with E-state index in [0.717, 1.165) is 29.1 Å². The summed E-state index contributed by atoms with van der Waals surface area (Å²) in [6.45, 7) is 3.93. The number of nitrogens with zero attached hydrogens (tertiary/aromatic N) is 2. The molecule has 1 N–H and O–H groups in total. The van der Waals surface area contributed by atoms with E-state index in [9.17, 15) is 18.0 Å². The number of rotatable bonds is 4. The van der Waals surface area contributed by atoms with Crippen molar-refractivity contribution >= 4 is 5.91 Å². The highest BCUT2D eigenvalue weighted by atomic mass is 19.4. The van der Waals surface area contributed by atoms with Crippen LogP contribution in [0.4, 0.5) is 13.2 Å². The van der Waals surface area contributed by atoms with Crippen LogP contribution >= 0.6 is 0 Å². The fraction of sp³-hybridized carbons (Fsp3) is 0.280. The lowest BCUT2D eigenvalue weighted by atomic mass is 9.95. The molecule has 2 atom stereocenters. The number of aromatic nitrogens is 2. The number of amides is 1. The van der Waals surface area contributed by atoms with Crippen molar-refractivity contribution in [1.82, 2.24) is 15.1 Å². The second-order valence-electron chi connectivity index (χ2n) is 8.42. The molecule has 9 heteroatoms. The zero-order chi connectivity index (χ0) is 24.0. The van der Waals surface area contributed by atoms with E-state index in [1.54, 1.807) is 22.9 Å². The highest BCUT2D eigenvalue weighted by Crippen LogP contribution is 2.36. The molecule has 5 rings (SSSR count). The number of halogens is 3. The predicted octanol–water partition coefficient (Wildman–Crippen LogP) is 5.08. The van der Waals surface area contributed by atoms with Gasteiger partial charge in [-0.05, 0) is 62.7 Å². The normalized spacial score (nSPS) is 19.0. The number of hydrogen-bond acceptors (Lipinski definition) is 4.